The second kappa shape index (κ2) is 5.68. The van der Waals surface area contributed by atoms with Gasteiger partial charge in [-0.25, -0.2) is 8.78 Å². The Morgan fingerprint density at radius 3 is 2.67 bits per heavy atom. The third kappa shape index (κ3) is 3.21. The van der Waals surface area contributed by atoms with Crippen LogP contribution in [0.3, 0.4) is 0 Å². The van der Waals surface area contributed by atoms with Crippen molar-refractivity contribution in [1.82, 2.24) is 0 Å². The summed E-state index contributed by atoms with van der Waals surface area (Å²) in [5.74, 6) is 0.357. The molecule has 0 bridgehead atoms. The van der Waals surface area contributed by atoms with Gasteiger partial charge in [-0.05, 0) is 36.8 Å². The quantitative estimate of drug-likeness (QED) is 0.830. The van der Waals surface area contributed by atoms with Crippen molar-refractivity contribution < 1.29 is 8.78 Å². The van der Waals surface area contributed by atoms with E-state index in [0.717, 1.165) is 18.9 Å². The van der Waals surface area contributed by atoms with Crippen LogP contribution < -0.4 is 5.32 Å². The summed E-state index contributed by atoms with van der Waals surface area (Å²) in [6.07, 6.45) is 4.60. The van der Waals surface area contributed by atoms with Crippen molar-refractivity contribution in [3.05, 3.63) is 29.8 Å². The fraction of sp³-hybridized carbons (Fsp3) is 0.600. The smallest absolute Gasteiger partial charge is 0.149 e. The van der Waals surface area contributed by atoms with Gasteiger partial charge in [0.15, 0.2) is 0 Å². The zero-order valence-electron chi connectivity index (χ0n) is 11.0. The van der Waals surface area contributed by atoms with Crippen LogP contribution in [0.25, 0.3) is 0 Å². The first-order valence-corrected chi connectivity index (χ1v) is 6.78. The van der Waals surface area contributed by atoms with E-state index in [-0.39, 0.29) is 0 Å². The first-order chi connectivity index (χ1) is 8.56. The van der Waals surface area contributed by atoms with Crippen LogP contribution in [0.5, 0.6) is 0 Å². The highest BCUT2D eigenvalue weighted by atomic mass is 19.1. The minimum atomic E-state index is -0.526. The lowest BCUT2D eigenvalue weighted by Crippen LogP contribution is -2.29. The molecule has 0 spiro atoms. The van der Waals surface area contributed by atoms with Gasteiger partial charge < -0.3 is 5.32 Å². The van der Waals surface area contributed by atoms with Crippen LogP contribution in [0.15, 0.2) is 18.2 Å². The Morgan fingerprint density at radius 2 is 2.00 bits per heavy atom. The third-order valence-corrected chi connectivity index (χ3v) is 3.95. The maximum Gasteiger partial charge on any atom is 0.149 e. The molecule has 1 aliphatic carbocycles. The molecule has 2 rings (SSSR count). The fourth-order valence-electron chi connectivity index (χ4n) is 2.79. The zero-order chi connectivity index (χ0) is 13.1. The molecule has 0 aliphatic heterocycles. The lowest BCUT2D eigenvalue weighted by molar-refractivity contribution is 0.264. The minimum Gasteiger partial charge on any atom is -0.380 e. The molecule has 0 aromatic heterocycles. The molecule has 0 saturated heterocycles. The molecule has 1 fully saturated rings. The maximum absolute atomic E-state index is 13.6. The van der Waals surface area contributed by atoms with Crippen molar-refractivity contribution in [1.29, 1.82) is 0 Å². The Labute approximate surface area is 108 Å². The summed E-state index contributed by atoms with van der Waals surface area (Å²) in [6.45, 7) is 4.48. The van der Waals surface area contributed by atoms with Crippen molar-refractivity contribution in [2.45, 2.75) is 45.6 Å². The van der Waals surface area contributed by atoms with Crippen LogP contribution in [-0.2, 0) is 0 Å². The van der Waals surface area contributed by atoms with E-state index >= 15 is 0 Å². The number of anilines is 1. The van der Waals surface area contributed by atoms with Gasteiger partial charge in [0.2, 0.25) is 0 Å². The first-order valence-electron chi connectivity index (χ1n) is 6.78. The topological polar surface area (TPSA) is 12.0 Å². The van der Waals surface area contributed by atoms with Crippen LogP contribution in [0.4, 0.5) is 14.5 Å². The van der Waals surface area contributed by atoms with Crippen molar-refractivity contribution >= 4 is 5.69 Å². The molecule has 1 aromatic carbocycles. The monoisotopic (exact) mass is 253 g/mol. The highest BCUT2D eigenvalue weighted by Gasteiger charge is 2.24. The summed E-state index contributed by atoms with van der Waals surface area (Å²) in [5, 5.41) is 3.22. The molecule has 2 atom stereocenters. The average Bonchev–Trinajstić information content (AvgIpc) is 2.33. The largest absolute Gasteiger partial charge is 0.380 e. The molecule has 2 unspecified atom stereocenters. The normalized spacial score (nSPS) is 24.3. The van der Waals surface area contributed by atoms with E-state index in [1.54, 1.807) is 0 Å². The van der Waals surface area contributed by atoms with E-state index in [9.17, 15) is 8.78 Å². The van der Waals surface area contributed by atoms with Gasteiger partial charge >= 0.3 is 0 Å². The van der Waals surface area contributed by atoms with Gasteiger partial charge in [-0.1, -0.05) is 26.7 Å². The number of rotatable bonds is 3. The van der Waals surface area contributed by atoms with Gasteiger partial charge in [0.05, 0.1) is 5.69 Å². The molecule has 0 radical (unpaired) electrons. The summed E-state index contributed by atoms with van der Waals surface area (Å²) in [4.78, 5) is 0. The molecule has 1 aromatic rings. The zero-order valence-corrected chi connectivity index (χ0v) is 11.0. The molecule has 100 valence electrons. The van der Waals surface area contributed by atoms with Crippen molar-refractivity contribution in [3.8, 4) is 0 Å². The molecule has 1 aliphatic rings. The Hall–Kier alpha value is -1.12. The Kier molecular flexibility index (Phi) is 4.20. The fourth-order valence-corrected chi connectivity index (χ4v) is 2.79. The van der Waals surface area contributed by atoms with E-state index in [1.165, 1.54) is 25.0 Å². The van der Waals surface area contributed by atoms with E-state index in [0.29, 0.717) is 23.6 Å². The molecule has 0 amide bonds. The van der Waals surface area contributed by atoms with Gasteiger partial charge in [0.1, 0.15) is 11.6 Å². The SMILES string of the molecule is CC(C)C1CCCC(Nc2ccc(F)cc2F)C1. The molecular weight excluding hydrogens is 232 g/mol. The second-order valence-electron chi connectivity index (χ2n) is 5.64. The lowest BCUT2D eigenvalue weighted by atomic mass is 9.79. The average molecular weight is 253 g/mol. The lowest BCUT2D eigenvalue weighted by Gasteiger charge is -2.32. The highest BCUT2D eigenvalue weighted by Crippen LogP contribution is 2.32. The predicted octanol–water partition coefficient (Wildman–Crippen LogP) is 4.59. The number of hydrogen-bond acceptors (Lipinski definition) is 1. The summed E-state index contributed by atoms with van der Waals surface area (Å²) in [6, 6.07) is 4.04. The maximum atomic E-state index is 13.6. The van der Waals surface area contributed by atoms with E-state index < -0.39 is 11.6 Å². The molecule has 1 saturated carbocycles. The molecular formula is C15H21F2N. The summed E-state index contributed by atoms with van der Waals surface area (Å²) >= 11 is 0. The Morgan fingerprint density at radius 1 is 1.22 bits per heavy atom. The first kappa shape index (κ1) is 13.3. The highest BCUT2D eigenvalue weighted by molar-refractivity contribution is 5.45. The van der Waals surface area contributed by atoms with E-state index in [4.69, 9.17) is 0 Å². The molecule has 1 nitrogen and oxygen atoms in total. The number of nitrogens with one attached hydrogen (secondary N) is 1. The van der Waals surface area contributed by atoms with Crippen LogP contribution in [-0.4, -0.2) is 6.04 Å². The van der Waals surface area contributed by atoms with Crippen LogP contribution >= 0.6 is 0 Å². The van der Waals surface area contributed by atoms with Gasteiger partial charge in [-0.15, -0.1) is 0 Å². The second-order valence-corrected chi connectivity index (χ2v) is 5.64. The van der Waals surface area contributed by atoms with Crippen LogP contribution in [0.2, 0.25) is 0 Å². The number of halogens is 2. The number of hydrogen-bond donors (Lipinski definition) is 1. The molecule has 1 N–H and O–H groups in total. The van der Waals surface area contributed by atoms with Gasteiger partial charge in [-0.2, -0.15) is 0 Å². The third-order valence-electron chi connectivity index (χ3n) is 3.95. The molecule has 18 heavy (non-hydrogen) atoms. The standard InChI is InChI=1S/C15H21F2N/c1-10(2)11-4-3-5-13(8-11)18-15-7-6-12(16)9-14(15)17/h6-7,9-11,13,18H,3-5,8H2,1-2H3. The molecule has 3 heteroatoms. The van der Waals surface area contributed by atoms with Crippen LogP contribution in [0, 0.1) is 23.5 Å². The van der Waals surface area contributed by atoms with Gasteiger partial charge in [0, 0.05) is 12.1 Å². The Bertz CT molecular complexity index is 403. The van der Waals surface area contributed by atoms with E-state index in [2.05, 4.69) is 19.2 Å². The summed E-state index contributed by atoms with van der Waals surface area (Å²) in [5.41, 5.74) is 0.422. The van der Waals surface area contributed by atoms with Gasteiger partial charge in [-0.3, -0.25) is 0 Å². The minimum absolute atomic E-state index is 0.311. The van der Waals surface area contributed by atoms with Crippen molar-refractivity contribution in [2.24, 2.45) is 11.8 Å². The Balaban J connectivity index is 2.00. The summed E-state index contributed by atoms with van der Waals surface area (Å²) in [7, 11) is 0. The van der Waals surface area contributed by atoms with Crippen molar-refractivity contribution in [3.63, 3.8) is 0 Å². The summed E-state index contributed by atoms with van der Waals surface area (Å²) < 4.78 is 26.4. The van der Waals surface area contributed by atoms with Gasteiger partial charge in [0.25, 0.3) is 0 Å². The predicted molar refractivity (Wildman–Crippen MR) is 70.6 cm³/mol. The van der Waals surface area contributed by atoms with Crippen molar-refractivity contribution in [2.75, 3.05) is 5.32 Å². The van der Waals surface area contributed by atoms with E-state index in [1.807, 2.05) is 0 Å². The van der Waals surface area contributed by atoms with Crippen LogP contribution in [0.1, 0.15) is 39.5 Å². The molecule has 0 heterocycles. The number of benzene rings is 1.